The zero-order chi connectivity index (χ0) is 30.4. The van der Waals surface area contributed by atoms with Gasteiger partial charge in [-0.25, -0.2) is 0 Å². The summed E-state index contributed by atoms with van der Waals surface area (Å²) in [5.41, 5.74) is 12.7. The summed E-state index contributed by atoms with van der Waals surface area (Å²) < 4.78 is 0. The van der Waals surface area contributed by atoms with Gasteiger partial charge in [0.25, 0.3) is 0 Å². The highest BCUT2D eigenvalue weighted by atomic mass is 31.2. The fourth-order valence-corrected chi connectivity index (χ4v) is 6.55. The van der Waals surface area contributed by atoms with E-state index >= 15 is 0 Å². The highest BCUT2D eigenvalue weighted by Gasteiger charge is 2.27. The number of allylic oxidation sites excluding steroid dienone is 1. The Morgan fingerprint density at radius 3 is 1.09 bits per heavy atom. The van der Waals surface area contributed by atoms with Gasteiger partial charge in [-0.15, -0.1) is 0 Å². The lowest BCUT2D eigenvalue weighted by Gasteiger charge is -2.22. The maximum absolute atomic E-state index is 2.53. The Bertz CT molecular complexity index is 1720. The molecule has 0 aliphatic rings. The van der Waals surface area contributed by atoms with Crippen molar-refractivity contribution in [2.24, 2.45) is 0 Å². The minimum Gasteiger partial charge on any atom is -0.0686 e. The molecule has 0 fully saturated rings. The van der Waals surface area contributed by atoms with Gasteiger partial charge in [0, 0.05) is 27.3 Å². The Morgan fingerprint density at radius 1 is 0.432 bits per heavy atom. The fraction of sp³-hybridized carbons (Fsp3) is 0.0952. The third-order valence-electron chi connectivity index (χ3n) is 8.20. The van der Waals surface area contributed by atoms with Crippen LogP contribution in [0.2, 0.25) is 0 Å². The number of hydrogen-bond acceptors (Lipinski definition) is 0. The molecular weight excluding hydrogens is 546 g/mol. The van der Waals surface area contributed by atoms with Gasteiger partial charge in [-0.2, -0.15) is 0 Å². The molecule has 6 rings (SSSR count). The largest absolute Gasteiger partial charge is 0.241 e. The molecule has 0 amide bonds. The average molecular weight is 586 g/mol. The number of rotatable bonds is 9. The second kappa shape index (κ2) is 13.5. The Labute approximate surface area is 264 Å². The maximum atomic E-state index is 2.53. The molecule has 0 spiro atoms. The van der Waals surface area contributed by atoms with Gasteiger partial charge >= 0.3 is 0 Å². The first-order valence-electron chi connectivity index (χ1n) is 15.4. The molecule has 0 heterocycles. The van der Waals surface area contributed by atoms with Crippen molar-refractivity contribution in [3.8, 4) is 33.4 Å². The van der Waals surface area contributed by atoms with E-state index in [4.69, 9.17) is 0 Å². The normalized spacial score (nSPS) is 11.8. The van der Waals surface area contributed by atoms with Gasteiger partial charge in [0.2, 0.25) is 6.71 Å². The second-order valence-corrected chi connectivity index (χ2v) is 17.4. The molecule has 0 radical (unpaired) electrons. The zero-order valence-electron chi connectivity index (χ0n) is 25.9. The van der Waals surface area contributed by atoms with Gasteiger partial charge in [-0.3, -0.25) is 0 Å². The van der Waals surface area contributed by atoms with Crippen molar-refractivity contribution >= 4 is 30.4 Å². The summed E-state index contributed by atoms with van der Waals surface area (Å²) in [6, 6.07) is 59.6. The minimum atomic E-state index is -1.04. The van der Waals surface area contributed by atoms with Crippen molar-refractivity contribution in [1.82, 2.24) is 0 Å². The predicted octanol–water partition coefficient (Wildman–Crippen LogP) is 9.83. The Hall–Kier alpha value is -4.45. The van der Waals surface area contributed by atoms with Gasteiger partial charge in [-0.05, 0) is 38.9 Å². The van der Waals surface area contributed by atoms with Crippen LogP contribution in [-0.4, -0.2) is 32.9 Å². The quantitative estimate of drug-likeness (QED) is 0.117. The first-order valence-corrected chi connectivity index (χ1v) is 18.7. The first-order chi connectivity index (χ1) is 21.4. The van der Waals surface area contributed by atoms with Crippen LogP contribution < -0.4 is 10.9 Å². The lowest BCUT2D eigenvalue weighted by atomic mass is 9.35. The summed E-state index contributed by atoms with van der Waals surface area (Å²) in [6.45, 7) is 7.40. The van der Waals surface area contributed by atoms with Crippen LogP contribution in [0, 0.1) is 0 Å². The third kappa shape index (κ3) is 7.19. The van der Waals surface area contributed by atoms with Crippen LogP contribution in [0.15, 0.2) is 170 Å². The highest BCUT2D eigenvalue weighted by molar-refractivity contribution is 7.73. The zero-order valence-corrected chi connectivity index (χ0v) is 26.8. The molecule has 0 atom stereocenters. The smallest absolute Gasteiger partial charge is 0.0686 e. The van der Waals surface area contributed by atoms with Crippen LogP contribution in [0.3, 0.4) is 0 Å². The van der Waals surface area contributed by atoms with Crippen molar-refractivity contribution in [2.45, 2.75) is 0 Å². The molecule has 0 aliphatic carbocycles. The first kappa shape index (κ1) is 29.6. The summed E-state index contributed by atoms with van der Waals surface area (Å²) in [5.74, 6) is 0. The van der Waals surface area contributed by atoms with Gasteiger partial charge in [-0.1, -0.05) is 186 Å². The molecular formula is C42H39BP+. The second-order valence-electron chi connectivity index (χ2n) is 12.5. The van der Waals surface area contributed by atoms with Crippen molar-refractivity contribution in [2.75, 3.05) is 26.2 Å². The predicted molar refractivity (Wildman–Crippen MR) is 198 cm³/mol. The summed E-state index contributed by atoms with van der Waals surface area (Å²) in [6.07, 6.45) is 3.63. The Kier molecular flexibility index (Phi) is 9.06. The monoisotopic (exact) mass is 585 g/mol. The van der Waals surface area contributed by atoms with E-state index in [1.165, 1.54) is 55.3 Å². The van der Waals surface area contributed by atoms with Crippen molar-refractivity contribution in [1.29, 1.82) is 0 Å². The molecule has 0 saturated heterocycles. The average Bonchev–Trinajstić information content (AvgIpc) is 3.08. The van der Waals surface area contributed by atoms with E-state index in [1.54, 1.807) is 0 Å². The molecule has 0 nitrogen and oxygen atoms in total. The molecule has 214 valence electrons. The van der Waals surface area contributed by atoms with E-state index in [0.29, 0.717) is 0 Å². The van der Waals surface area contributed by atoms with E-state index in [1.807, 2.05) is 0 Å². The standard InChI is InChI=1S/C42H39BP/c1-44(2,3)32-31-42(39-21-19-36(20-22-39)33-13-7-4-8-14-33)43(40-27-23-37(24-28-40)34-15-9-5-10-16-34)41-29-25-38(26-30-41)35-17-11-6-12-18-35/h4-31H,32H2,1-3H3/q+1/b42-31-. The molecule has 0 unspecified atom stereocenters. The molecule has 2 heteroatoms. The fourth-order valence-electron chi connectivity index (χ4n) is 5.81. The lowest BCUT2D eigenvalue weighted by molar-refractivity contribution is 1.57. The van der Waals surface area contributed by atoms with Crippen LogP contribution in [0.1, 0.15) is 5.56 Å². The number of benzene rings is 6. The van der Waals surface area contributed by atoms with Crippen LogP contribution in [0.25, 0.3) is 38.9 Å². The van der Waals surface area contributed by atoms with Crippen molar-refractivity contribution in [3.63, 3.8) is 0 Å². The van der Waals surface area contributed by atoms with Crippen molar-refractivity contribution < 1.29 is 0 Å². The van der Waals surface area contributed by atoms with Gasteiger partial charge in [0.1, 0.15) is 0 Å². The Balaban J connectivity index is 1.46. The minimum absolute atomic E-state index is 0.110. The van der Waals surface area contributed by atoms with E-state index in [-0.39, 0.29) is 6.71 Å². The molecule has 0 bridgehead atoms. The van der Waals surface area contributed by atoms with Crippen LogP contribution in [-0.2, 0) is 0 Å². The van der Waals surface area contributed by atoms with Crippen LogP contribution in [0.5, 0.6) is 0 Å². The molecule has 6 aromatic carbocycles. The summed E-state index contributed by atoms with van der Waals surface area (Å²) in [4.78, 5) is 0. The Morgan fingerprint density at radius 2 is 0.750 bits per heavy atom. The summed E-state index contributed by atoms with van der Waals surface area (Å²) in [5, 5.41) is 0. The van der Waals surface area contributed by atoms with Gasteiger partial charge in [0.15, 0.2) is 0 Å². The van der Waals surface area contributed by atoms with E-state index < -0.39 is 7.26 Å². The van der Waals surface area contributed by atoms with Crippen LogP contribution >= 0.6 is 7.26 Å². The van der Waals surface area contributed by atoms with E-state index in [9.17, 15) is 0 Å². The van der Waals surface area contributed by atoms with Gasteiger partial charge in [0.05, 0.1) is 6.16 Å². The highest BCUT2D eigenvalue weighted by Crippen LogP contribution is 2.47. The van der Waals surface area contributed by atoms with E-state index in [2.05, 4.69) is 190 Å². The molecule has 0 aliphatic heterocycles. The maximum Gasteiger partial charge on any atom is 0.241 e. The molecule has 0 N–H and O–H groups in total. The van der Waals surface area contributed by atoms with E-state index in [0.717, 1.165) is 6.16 Å². The van der Waals surface area contributed by atoms with Gasteiger partial charge < -0.3 is 0 Å². The third-order valence-corrected chi connectivity index (χ3v) is 9.48. The topological polar surface area (TPSA) is 0 Å². The molecule has 0 aromatic heterocycles. The molecule has 44 heavy (non-hydrogen) atoms. The summed E-state index contributed by atoms with van der Waals surface area (Å²) in [7, 11) is -1.04. The molecule has 6 aromatic rings. The van der Waals surface area contributed by atoms with Crippen molar-refractivity contribution in [3.05, 3.63) is 175 Å². The SMILES string of the molecule is C[P+](C)(C)C/C=C(\B(c1ccc(-c2ccccc2)cc1)c1ccc(-c2ccccc2)cc1)c1ccc(-c2ccccc2)cc1. The van der Waals surface area contributed by atoms with Crippen LogP contribution in [0.4, 0.5) is 0 Å². The summed E-state index contributed by atoms with van der Waals surface area (Å²) >= 11 is 0. The molecule has 0 saturated carbocycles. The number of hydrogen-bond donors (Lipinski definition) is 0. The lowest BCUT2D eigenvalue weighted by Crippen LogP contribution is -2.43.